The molecule has 0 radical (unpaired) electrons. The van der Waals surface area contributed by atoms with Gasteiger partial charge in [-0.3, -0.25) is 9.59 Å². The molecule has 1 saturated carbocycles. The largest absolute Gasteiger partial charge is 0.372 e. The van der Waals surface area contributed by atoms with Crippen LogP contribution in [0.3, 0.4) is 0 Å². The fourth-order valence-corrected chi connectivity index (χ4v) is 5.60. The van der Waals surface area contributed by atoms with Gasteiger partial charge in [0.25, 0.3) is 0 Å². The predicted octanol–water partition coefficient (Wildman–Crippen LogP) is 3.04. The fourth-order valence-electron chi connectivity index (χ4n) is 4.78. The second-order valence-corrected chi connectivity index (χ2v) is 9.65. The minimum absolute atomic E-state index is 0.115. The third-order valence-corrected chi connectivity index (χ3v) is 7.43. The van der Waals surface area contributed by atoms with E-state index < -0.39 is 0 Å². The topological polar surface area (TPSA) is 49.9 Å². The van der Waals surface area contributed by atoms with Crippen LogP contribution in [0.2, 0.25) is 0 Å². The van der Waals surface area contributed by atoms with E-state index in [9.17, 15) is 9.59 Å². The van der Waals surface area contributed by atoms with Gasteiger partial charge in [0.2, 0.25) is 11.8 Å². The van der Waals surface area contributed by atoms with Crippen LogP contribution in [0.15, 0.2) is 35.2 Å². The Bertz CT molecular complexity index is 708. The number of hydrogen-bond acceptors (Lipinski definition) is 4. The first-order chi connectivity index (χ1) is 13.5. The van der Waals surface area contributed by atoms with E-state index in [0.717, 1.165) is 37.2 Å². The van der Waals surface area contributed by atoms with Crippen LogP contribution in [0.1, 0.15) is 33.1 Å². The monoisotopic (exact) mass is 402 g/mol. The van der Waals surface area contributed by atoms with Gasteiger partial charge in [-0.15, -0.1) is 11.8 Å². The van der Waals surface area contributed by atoms with Crippen LogP contribution in [-0.4, -0.2) is 65.8 Å². The van der Waals surface area contributed by atoms with E-state index in [2.05, 4.69) is 0 Å². The van der Waals surface area contributed by atoms with Crippen molar-refractivity contribution in [3.8, 4) is 0 Å². The van der Waals surface area contributed by atoms with Crippen molar-refractivity contribution < 1.29 is 14.3 Å². The molecule has 5 nitrogen and oxygen atoms in total. The summed E-state index contributed by atoms with van der Waals surface area (Å²) in [7, 11) is 0. The highest BCUT2D eigenvalue weighted by Gasteiger charge is 2.59. The summed E-state index contributed by atoms with van der Waals surface area (Å²) in [5.74, 6) is 1.16. The molecule has 28 heavy (non-hydrogen) atoms. The lowest BCUT2D eigenvalue weighted by molar-refractivity contribution is -0.145. The summed E-state index contributed by atoms with van der Waals surface area (Å²) in [5.41, 5.74) is 0.144. The smallest absolute Gasteiger partial charge is 0.232 e. The van der Waals surface area contributed by atoms with Gasteiger partial charge in [-0.05, 0) is 50.7 Å². The quantitative estimate of drug-likeness (QED) is 0.727. The van der Waals surface area contributed by atoms with E-state index >= 15 is 0 Å². The Balaban J connectivity index is 1.25. The van der Waals surface area contributed by atoms with Gasteiger partial charge in [0.15, 0.2) is 0 Å². The molecule has 1 spiro atoms. The molecule has 2 amide bonds. The number of nitrogens with zero attached hydrogens (tertiary/aromatic N) is 2. The van der Waals surface area contributed by atoms with Crippen molar-refractivity contribution >= 4 is 23.6 Å². The number of morpholine rings is 1. The van der Waals surface area contributed by atoms with Crippen molar-refractivity contribution in [3.63, 3.8) is 0 Å². The van der Waals surface area contributed by atoms with Gasteiger partial charge in [-0.2, -0.15) is 0 Å². The molecule has 152 valence electrons. The number of amides is 2. The van der Waals surface area contributed by atoms with Crippen molar-refractivity contribution in [3.05, 3.63) is 30.3 Å². The number of hydrogen-bond donors (Lipinski definition) is 0. The molecule has 3 atom stereocenters. The Morgan fingerprint density at radius 2 is 1.71 bits per heavy atom. The molecule has 4 rings (SSSR count). The van der Waals surface area contributed by atoms with E-state index in [1.165, 1.54) is 0 Å². The maximum Gasteiger partial charge on any atom is 0.232 e. The van der Waals surface area contributed by atoms with Gasteiger partial charge in [-0.1, -0.05) is 18.2 Å². The summed E-state index contributed by atoms with van der Waals surface area (Å²) in [6.07, 6.45) is 3.14. The first kappa shape index (κ1) is 19.8. The van der Waals surface area contributed by atoms with Crippen LogP contribution in [0.5, 0.6) is 0 Å². The van der Waals surface area contributed by atoms with Crippen LogP contribution in [0, 0.1) is 11.3 Å². The van der Waals surface area contributed by atoms with Crippen molar-refractivity contribution in [2.45, 2.75) is 50.2 Å². The number of piperidine rings is 1. The van der Waals surface area contributed by atoms with Gasteiger partial charge in [0.05, 0.1) is 18.0 Å². The molecular formula is C22H30N2O3S. The number of ether oxygens (including phenoxy) is 1. The molecule has 0 aromatic heterocycles. The average molecular weight is 403 g/mol. The minimum atomic E-state index is 0.115. The Morgan fingerprint density at radius 1 is 1.07 bits per heavy atom. The molecule has 0 bridgehead atoms. The zero-order chi connectivity index (χ0) is 19.7. The third kappa shape index (κ3) is 4.23. The first-order valence-corrected chi connectivity index (χ1v) is 11.4. The lowest BCUT2D eigenvalue weighted by Crippen LogP contribution is -2.49. The molecule has 2 aliphatic heterocycles. The molecule has 2 saturated heterocycles. The van der Waals surface area contributed by atoms with Gasteiger partial charge >= 0.3 is 0 Å². The van der Waals surface area contributed by atoms with E-state index in [0.29, 0.717) is 24.7 Å². The fraction of sp³-hybridized carbons (Fsp3) is 0.636. The zero-order valence-electron chi connectivity index (χ0n) is 16.8. The highest BCUT2D eigenvalue weighted by molar-refractivity contribution is 8.00. The number of benzene rings is 1. The highest BCUT2D eigenvalue weighted by atomic mass is 32.2. The number of carbonyl (C=O) groups is 2. The maximum atomic E-state index is 13.0. The number of carbonyl (C=O) groups excluding carboxylic acids is 2. The van der Waals surface area contributed by atoms with Gasteiger partial charge in [0.1, 0.15) is 0 Å². The first-order valence-electron chi connectivity index (χ1n) is 10.4. The molecule has 1 aliphatic carbocycles. The summed E-state index contributed by atoms with van der Waals surface area (Å²) in [6, 6.07) is 10.1. The number of likely N-dealkylation sites (tertiary alicyclic amines) is 1. The van der Waals surface area contributed by atoms with Gasteiger partial charge < -0.3 is 14.5 Å². The van der Waals surface area contributed by atoms with E-state index in [1.54, 1.807) is 11.8 Å². The van der Waals surface area contributed by atoms with E-state index in [-0.39, 0.29) is 29.4 Å². The van der Waals surface area contributed by atoms with Gasteiger partial charge in [-0.25, -0.2) is 0 Å². The van der Waals surface area contributed by atoms with Gasteiger partial charge in [0, 0.05) is 37.0 Å². The second-order valence-electron chi connectivity index (χ2n) is 8.60. The van der Waals surface area contributed by atoms with E-state index in [1.807, 2.05) is 54.0 Å². The summed E-state index contributed by atoms with van der Waals surface area (Å²) < 4.78 is 5.76. The average Bonchev–Trinajstić information content (AvgIpc) is 3.39. The molecule has 0 unspecified atom stereocenters. The lowest BCUT2D eigenvalue weighted by Gasteiger charge is -2.37. The molecular weight excluding hydrogens is 372 g/mol. The Kier molecular flexibility index (Phi) is 5.70. The number of rotatable bonds is 4. The highest BCUT2D eigenvalue weighted by Crippen LogP contribution is 2.60. The summed E-state index contributed by atoms with van der Waals surface area (Å²) >= 11 is 1.60. The second kappa shape index (κ2) is 8.07. The van der Waals surface area contributed by atoms with Crippen molar-refractivity contribution in [2.75, 3.05) is 31.9 Å². The van der Waals surface area contributed by atoms with E-state index in [4.69, 9.17) is 4.74 Å². The SMILES string of the molecule is C[C@@H]1CN(C(=O)[C@H]2CC23CCN(C(=O)CSc2ccccc2)CC3)C[C@H](C)O1. The Morgan fingerprint density at radius 3 is 2.36 bits per heavy atom. The van der Waals surface area contributed by atoms with Crippen molar-refractivity contribution in [1.82, 2.24) is 9.80 Å². The summed E-state index contributed by atoms with van der Waals surface area (Å²) in [5, 5.41) is 0. The van der Waals surface area contributed by atoms with Crippen LogP contribution in [-0.2, 0) is 14.3 Å². The molecule has 6 heteroatoms. The van der Waals surface area contributed by atoms with Crippen molar-refractivity contribution in [2.24, 2.45) is 11.3 Å². The maximum absolute atomic E-state index is 13.0. The predicted molar refractivity (Wildman–Crippen MR) is 110 cm³/mol. The van der Waals surface area contributed by atoms with Crippen LogP contribution >= 0.6 is 11.8 Å². The van der Waals surface area contributed by atoms with Crippen molar-refractivity contribution in [1.29, 1.82) is 0 Å². The Labute approximate surface area is 171 Å². The molecule has 2 heterocycles. The molecule has 3 fully saturated rings. The van der Waals surface area contributed by atoms with Crippen LogP contribution < -0.4 is 0 Å². The summed E-state index contributed by atoms with van der Waals surface area (Å²) in [4.78, 5) is 30.7. The lowest BCUT2D eigenvalue weighted by atomic mass is 9.90. The van der Waals surface area contributed by atoms with Crippen LogP contribution in [0.25, 0.3) is 0 Å². The van der Waals surface area contributed by atoms with Crippen LogP contribution in [0.4, 0.5) is 0 Å². The molecule has 1 aromatic carbocycles. The minimum Gasteiger partial charge on any atom is -0.372 e. The standard InChI is InChI=1S/C22H30N2O3S/c1-16-13-24(14-17(2)27-16)21(26)19-12-22(19)8-10-23(11-9-22)20(25)15-28-18-6-4-3-5-7-18/h3-7,16-17,19H,8-15H2,1-2H3/t16-,17+,19-/m1/s1. The summed E-state index contributed by atoms with van der Waals surface area (Å²) in [6.45, 7) is 7.06. The number of thioether (sulfide) groups is 1. The molecule has 1 aromatic rings. The normalized spacial score (nSPS) is 29.0. The zero-order valence-corrected chi connectivity index (χ0v) is 17.6. The third-order valence-electron chi connectivity index (χ3n) is 6.44. The molecule has 0 N–H and O–H groups in total. The molecule has 3 aliphatic rings. The Hall–Kier alpha value is -1.53.